The van der Waals surface area contributed by atoms with E-state index in [1.807, 2.05) is 11.4 Å². The Balaban J connectivity index is 1.75. The highest BCUT2D eigenvalue weighted by Crippen LogP contribution is 2.22. The molecule has 3 rings (SSSR count). The molecule has 2 aromatic rings. The minimum absolute atomic E-state index is 0.143. The molecule has 20 heavy (non-hydrogen) atoms. The summed E-state index contributed by atoms with van der Waals surface area (Å²) in [6, 6.07) is 3.58. The van der Waals surface area contributed by atoms with Crippen molar-refractivity contribution in [1.82, 2.24) is 9.97 Å². The molecule has 2 aromatic heterocycles. The fourth-order valence-electron chi connectivity index (χ4n) is 2.33. The van der Waals surface area contributed by atoms with Gasteiger partial charge in [-0.15, -0.1) is 11.3 Å². The quantitative estimate of drug-likeness (QED) is 0.943. The number of amides is 1. The summed E-state index contributed by atoms with van der Waals surface area (Å²) in [5.41, 5.74) is 0.616. The Morgan fingerprint density at radius 1 is 1.45 bits per heavy atom. The van der Waals surface area contributed by atoms with Crippen LogP contribution in [0.25, 0.3) is 0 Å². The summed E-state index contributed by atoms with van der Waals surface area (Å²) >= 11 is 1.41. The largest absolute Gasteiger partial charge is 0.356 e. The van der Waals surface area contributed by atoms with Gasteiger partial charge in [0.1, 0.15) is 5.82 Å². The highest BCUT2D eigenvalue weighted by atomic mass is 32.1. The fourth-order valence-corrected chi connectivity index (χ4v) is 2.85. The van der Waals surface area contributed by atoms with Crippen LogP contribution in [0.15, 0.2) is 29.9 Å². The first-order valence-corrected chi connectivity index (χ1v) is 7.52. The van der Waals surface area contributed by atoms with Gasteiger partial charge in [-0.25, -0.2) is 9.97 Å². The van der Waals surface area contributed by atoms with Gasteiger partial charge >= 0.3 is 0 Å². The summed E-state index contributed by atoms with van der Waals surface area (Å²) in [5.74, 6) is 1.42. The molecule has 0 spiro atoms. The minimum atomic E-state index is -0.143. The molecule has 0 radical (unpaired) electrons. The molecular formula is C14H16N4OS. The van der Waals surface area contributed by atoms with Crippen molar-refractivity contribution in [3.63, 3.8) is 0 Å². The van der Waals surface area contributed by atoms with Crippen LogP contribution in [0.3, 0.4) is 0 Å². The maximum absolute atomic E-state index is 12.2. The van der Waals surface area contributed by atoms with Gasteiger partial charge in [0, 0.05) is 36.4 Å². The number of carbonyl (C=O) groups excluding carboxylic acids is 1. The number of hydrogen-bond acceptors (Lipinski definition) is 5. The number of nitrogens with zero attached hydrogens (tertiary/aromatic N) is 3. The van der Waals surface area contributed by atoms with Crippen LogP contribution in [0, 0.1) is 5.92 Å². The molecule has 1 N–H and O–H groups in total. The average Bonchev–Trinajstić information content (AvgIpc) is 3.10. The van der Waals surface area contributed by atoms with Crippen molar-refractivity contribution in [3.8, 4) is 0 Å². The maximum atomic E-state index is 12.2. The second-order valence-electron chi connectivity index (χ2n) is 5.03. The van der Waals surface area contributed by atoms with Gasteiger partial charge in [0.2, 0.25) is 0 Å². The van der Waals surface area contributed by atoms with Gasteiger partial charge in [-0.05, 0) is 24.5 Å². The Kier molecular flexibility index (Phi) is 3.64. The van der Waals surface area contributed by atoms with Crippen molar-refractivity contribution in [2.45, 2.75) is 13.3 Å². The van der Waals surface area contributed by atoms with Crippen molar-refractivity contribution in [1.29, 1.82) is 0 Å². The smallest absolute Gasteiger partial charge is 0.257 e. The van der Waals surface area contributed by atoms with Crippen LogP contribution >= 0.6 is 11.3 Å². The van der Waals surface area contributed by atoms with Crippen molar-refractivity contribution in [3.05, 3.63) is 35.5 Å². The highest BCUT2D eigenvalue weighted by molar-refractivity contribution is 7.13. The third-order valence-electron chi connectivity index (χ3n) is 3.41. The van der Waals surface area contributed by atoms with E-state index in [1.165, 1.54) is 17.8 Å². The number of thiazole rings is 1. The Hall–Kier alpha value is -1.95. The molecule has 1 saturated heterocycles. The lowest BCUT2D eigenvalue weighted by Crippen LogP contribution is -2.21. The molecule has 104 valence electrons. The molecule has 0 aliphatic carbocycles. The molecule has 6 heteroatoms. The van der Waals surface area contributed by atoms with Crippen LogP contribution in [-0.4, -0.2) is 29.0 Å². The third-order valence-corrected chi connectivity index (χ3v) is 4.10. The van der Waals surface area contributed by atoms with Crippen LogP contribution in [-0.2, 0) is 0 Å². The predicted octanol–water partition coefficient (Wildman–Crippen LogP) is 2.64. The van der Waals surface area contributed by atoms with E-state index in [0.717, 1.165) is 18.9 Å². The second-order valence-corrected chi connectivity index (χ2v) is 5.93. The first kappa shape index (κ1) is 13.1. The van der Waals surface area contributed by atoms with Crippen molar-refractivity contribution >= 4 is 28.2 Å². The fraction of sp³-hybridized carbons (Fsp3) is 0.357. The van der Waals surface area contributed by atoms with E-state index in [2.05, 4.69) is 27.1 Å². The highest BCUT2D eigenvalue weighted by Gasteiger charge is 2.20. The lowest BCUT2D eigenvalue weighted by atomic mass is 10.2. The number of aromatic nitrogens is 2. The van der Waals surface area contributed by atoms with Gasteiger partial charge in [-0.2, -0.15) is 0 Å². The third kappa shape index (κ3) is 2.80. The number of pyridine rings is 1. The molecule has 0 aromatic carbocycles. The predicted molar refractivity (Wildman–Crippen MR) is 80.3 cm³/mol. The Morgan fingerprint density at radius 2 is 2.35 bits per heavy atom. The average molecular weight is 288 g/mol. The summed E-state index contributed by atoms with van der Waals surface area (Å²) < 4.78 is 0. The van der Waals surface area contributed by atoms with Gasteiger partial charge in [-0.1, -0.05) is 6.92 Å². The zero-order valence-electron chi connectivity index (χ0n) is 11.2. The van der Waals surface area contributed by atoms with E-state index in [0.29, 0.717) is 16.6 Å². The van der Waals surface area contributed by atoms with Gasteiger partial charge in [0.05, 0.1) is 0 Å². The number of hydrogen-bond donors (Lipinski definition) is 1. The first-order valence-electron chi connectivity index (χ1n) is 6.64. The van der Waals surface area contributed by atoms with Gasteiger partial charge in [-0.3, -0.25) is 10.1 Å². The lowest BCUT2D eigenvalue weighted by Gasteiger charge is -2.17. The molecule has 0 bridgehead atoms. The molecule has 1 fully saturated rings. The number of rotatable bonds is 3. The summed E-state index contributed by atoms with van der Waals surface area (Å²) in [4.78, 5) is 22.8. The summed E-state index contributed by atoms with van der Waals surface area (Å²) in [7, 11) is 0. The molecule has 3 heterocycles. The van der Waals surface area contributed by atoms with E-state index >= 15 is 0 Å². The van der Waals surface area contributed by atoms with E-state index in [4.69, 9.17) is 0 Å². The van der Waals surface area contributed by atoms with Gasteiger partial charge < -0.3 is 4.90 Å². The second kappa shape index (κ2) is 5.58. The SMILES string of the molecule is CC1CCN(c2cc(C(=O)Nc3nccs3)ccn2)C1. The van der Waals surface area contributed by atoms with Gasteiger partial charge in [0.25, 0.3) is 5.91 Å². The van der Waals surface area contributed by atoms with Crippen LogP contribution in [0.4, 0.5) is 10.9 Å². The molecule has 1 aliphatic heterocycles. The van der Waals surface area contributed by atoms with Crippen LogP contribution in [0.5, 0.6) is 0 Å². The van der Waals surface area contributed by atoms with E-state index in [9.17, 15) is 4.79 Å². The molecule has 1 aliphatic rings. The first-order chi connectivity index (χ1) is 9.72. The monoisotopic (exact) mass is 288 g/mol. The van der Waals surface area contributed by atoms with Crippen LogP contribution in [0.2, 0.25) is 0 Å². The zero-order valence-corrected chi connectivity index (χ0v) is 12.1. The molecule has 1 amide bonds. The summed E-state index contributed by atoms with van der Waals surface area (Å²) in [5, 5.41) is 5.23. The Bertz CT molecular complexity index is 599. The van der Waals surface area contributed by atoms with Crippen molar-refractivity contribution in [2.75, 3.05) is 23.3 Å². The lowest BCUT2D eigenvalue weighted by molar-refractivity contribution is 0.102. The maximum Gasteiger partial charge on any atom is 0.257 e. The molecular weight excluding hydrogens is 272 g/mol. The summed E-state index contributed by atoms with van der Waals surface area (Å²) in [6.45, 7) is 4.25. The van der Waals surface area contributed by atoms with E-state index in [-0.39, 0.29) is 5.91 Å². The number of anilines is 2. The van der Waals surface area contributed by atoms with Crippen molar-refractivity contribution in [2.24, 2.45) is 5.92 Å². The number of carbonyl (C=O) groups is 1. The minimum Gasteiger partial charge on any atom is -0.356 e. The zero-order chi connectivity index (χ0) is 13.9. The Morgan fingerprint density at radius 3 is 3.05 bits per heavy atom. The van der Waals surface area contributed by atoms with Gasteiger partial charge in [0.15, 0.2) is 5.13 Å². The van der Waals surface area contributed by atoms with E-state index < -0.39 is 0 Å². The summed E-state index contributed by atoms with van der Waals surface area (Å²) in [6.07, 6.45) is 4.54. The molecule has 1 atom stereocenters. The molecule has 0 saturated carbocycles. The van der Waals surface area contributed by atoms with E-state index in [1.54, 1.807) is 18.5 Å². The van der Waals surface area contributed by atoms with Crippen molar-refractivity contribution < 1.29 is 4.79 Å². The Labute approximate surface area is 121 Å². The normalized spacial score (nSPS) is 18.2. The van der Waals surface area contributed by atoms with Crippen LogP contribution in [0.1, 0.15) is 23.7 Å². The number of nitrogens with one attached hydrogen (secondary N) is 1. The standard InChI is InChI=1S/C14H16N4OS/c1-10-3-6-18(9-10)12-8-11(2-4-15-12)13(19)17-14-16-5-7-20-14/h2,4-5,7-8,10H,3,6,9H2,1H3,(H,16,17,19). The molecule has 5 nitrogen and oxygen atoms in total. The topological polar surface area (TPSA) is 58.1 Å². The van der Waals surface area contributed by atoms with Crippen LogP contribution < -0.4 is 10.2 Å². The molecule has 1 unspecified atom stereocenters.